The second kappa shape index (κ2) is 4.33. The monoisotopic (exact) mass is 225 g/mol. The fraction of sp³-hybridized carbons (Fsp3) is 0.417. The highest BCUT2D eigenvalue weighted by molar-refractivity contribution is 6.31. The third kappa shape index (κ3) is 3.65. The topological polar surface area (TPSA) is 43.1 Å². The predicted molar refractivity (Wildman–Crippen MR) is 63.4 cm³/mol. The third-order valence-corrected chi connectivity index (χ3v) is 2.52. The summed E-state index contributed by atoms with van der Waals surface area (Å²) in [6, 6.07) is 5.33. The maximum Gasteiger partial charge on any atom is 0.164 e. The molecule has 0 aliphatic rings. The van der Waals surface area contributed by atoms with E-state index in [9.17, 15) is 4.79 Å². The van der Waals surface area contributed by atoms with Gasteiger partial charge in [0.25, 0.3) is 0 Å². The summed E-state index contributed by atoms with van der Waals surface area (Å²) in [6.45, 7) is 5.57. The Morgan fingerprint density at radius 2 is 2.07 bits per heavy atom. The van der Waals surface area contributed by atoms with E-state index >= 15 is 0 Å². The van der Waals surface area contributed by atoms with E-state index in [4.69, 9.17) is 17.3 Å². The number of carbonyl (C=O) groups is 1. The van der Waals surface area contributed by atoms with Gasteiger partial charge in [-0.3, -0.25) is 4.79 Å². The van der Waals surface area contributed by atoms with E-state index in [2.05, 4.69) is 0 Å². The first-order valence-electron chi connectivity index (χ1n) is 4.88. The molecule has 1 aromatic rings. The van der Waals surface area contributed by atoms with Gasteiger partial charge in [0.05, 0.1) is 0 Å². The number of hydrogen-bond donors (Lipinski definition) is 1. The van der Waals surface area contributed by atoms with Gasteiger partial charge in [-0.15, -0.1) is 0 Å². The largest absolute Gasteiger partial charge is 0.325 e. The highest BCUT2D eigenvalue weighted by Crippen LogP contribution is 2.19. The van der Waals surface area contributed by atoms with Gasteiger partial charge in [0.15, 0.2) is 5.78 Å². The van der Waals surface area contributed by atoms with Crippen molar-refractivity contribution >= 4 is 17.4 Å². The predicted octanol–water partition coefficient (Wildman–Crippen LogP) is 2.96. The van der Waals surface area contributed by atoms with Crippen molar-refractivity contribution in [3.05, 3.63) is 34.3 Å². The van der Waals surface area contributed by atoms with Gasteiger partial charge in [-0.05, 0) is 32.4 Å². The molecular formula is C12H16ClNO. The first-order valence-corrected chi connectivity index (χ1v) is 5.25. The Balaban J connectivity index is 2.88. The zero-order valence-electron chi connectivity index (χ0n) is 9.30. The van der Waals surface area contributed by atoms with Crippen LogP contribution in [-0.2, 0) is 0 Å². The fourth-order valence-electron chi connectivity index (χ4n) is 1.28. The van der Waals surface area contributed by atoms with Gasteiger partial charge in [-0.1, -0.05) is 23.7 Å². The summed E-state index contributed by atoms with van der Waals surface area (Å²) in [6.07, 6.45) is 0.326. The van der Waals surface area contributed by atoms with Crippen molar-refractivity contribution in [2.24, 2.45) is 5.73 Å². The number of hydrogen-bond acceptors (Lipinski definition) is 2. The van der Waals surface area contributed by atoms with Crippen LogP contribution in [0.2, 0.25) is 5.02 Å². The molecule has 1 aromatic carbocycles. The van der Waals surface area contributed by atoms with Gasteiger partial charge in [0, 0.05) is 22.5 Å². The van der Waals surface area contributed by atoms with Crippen LogP contribution in [0, 0.1) is 6.92 Å². The Hall–Kier alpha value is -0.860. The molecule has 0 spiro atoms. The summed E-state index contributed by atoms with van der Waals surface area (Å²) in [5.41, 5.74) is 6.91. The van der Waals surface area contributed by atoms with Crippen LogP contribution in [0.1, 0.15) is 36.2 Å². The SMILES string of the molecule is Cc1ccc(C(=O)CC(C)(C)N)cc1Cl. The standard InChI is InChI=1S/C12H16ClNO/c1-8-4-5-9(6-10(8)13)11(15)7-12(2,3)14/h4-6H,7,14H2,1-3H3. The summed E-state index contributed by atoms with van der Waals surface area (Å²) < 4.78 is 0. The average molecular weight is 226 g/mol. The van der Waals surface area contributed by atoms with Crippen LogP contribution in [-0.4, -0.2) is 11.3 Å². The molecule has 1 rings (SSSR count). The number of ketones is 1. The Morgan fingerprint density at radius 1 is 1.47 bits per heavy atom. The maximum absolute atomic E-state index is 11.8. The third-order valence-electron chi connectivity index (χ3n) is 2.11. The summed E-state index contributed by atoms with van der Waals surface area (Å²) in [5.74, 6) is 0.0319. The van der Waals surface area contributed by atoms with Crippen LogP contribution in [0.3, 0.4) is 0 Å². The number of Topliss-reactive ketones (excluding diaryl/α,β-unsaturated/α-hetero) is 1. The van der Waals surface area contributed by atoms with Crippen molar-refractivity contribution in [3.63, 3.8) is 0 Å². The normalized spacial score (nSPS) is 11.5. The molecule has 0 amide bonds. The van der Waals surface area contributed by atoms with Crippen molar-refractivity contribution < 1.29 is 4.79 Å². The molecule has 0 fully saturated rings. The van der Waals surface area contributed by atoms with E-state index < -0.39 is 5.54 Å². The molecule has 2 N–H and O–H groups in total. The lowest BCUT2D eigenvalue weighted by atomic mass is 9.95. The lowest BCUT2D eigenvalue weighted by molar-refractivity contribution is 0.0960. The second-order valence-corrected chi connectivity index (χ2v) is 4.96. The van der Waals surface area contributed by atoms with E-state index in [1.54, 1.807) is 12.1 Å². The highest BCUT2D eigenvalue weighted by atomic mass is 35.5. The van der Waals surface area contributed by atoms with E-state index in [1.807, 2.05) is 26.8 Å². The fourth-order valence-corrected chi connectivity index (χ4v) is 1.46. The van der Waals surface area contributed by atoms with Crippen molar-refractivity contribution in [2.45, 2.75) is 32.7 Å². The highest BCUT2D eigenvalue weighted by Gasteiger charge is 2.17. The molecule has 2 nitrogen and oxygen atoms in total. The van der Waals surface area contributed by atoms with Crippen LogP contribution < -0.4 is 5.73 Å². The lowest BCUT2D eigenvalue weighted by Crippen LogP contribution is -2.34. The van der Waals surface area contributed by atoms with E-state index in [-0.39, 0.29) is 5.78 Å². The van der Waals surface area contributed by atoms with Crippen LogP contribution in [0.4, 0.5) is 0 Å². The Kier molecular flexibility index (Phi) is 3.53. The molecule has 0 saturated heterocycles. The Morgan fingerprint density at radius 3 is 2.53 bits per heavy atom. The molecule has 0 unspecified atom stereocenters. The zero-order chi connectivity index (χ0) is 11.6. The molecule has 3 heteroatoms. The van der Waals surface area contributed by atoms with Gasteiger partial charge in [-0.2, -0.15) is 0 Å². The maximum atomic E-state index is 11.8. The molecule has 0 aliphatic carbocycles. The summed E-state index contributed by atoms with van der Waals surface area (Å²) in [5, 5.41) is 0.621. The zero-order valence-corrected chi connectivity index (χ0v) is 10.1. The number of nitrogens with two attached hydrogens (primary N) is 1. The number of carbonyl (C=O) groups excluding carboxylic acids is 1. The Labute approximate surface area is 95.4 Å². The van der Waals surface area contributed by atoms with Gasteiger partial charge in [0.1, 0.15) is 0 Å². The molecule has 0 radical (unpaired) electrons. The van der Waals surface area contributed by atoms with Gasteiger partial charge >= 0.3 is 0 Å². The number of rotatable bonds is 3. The molecule has 0 aromatic heterocycles. The average Bonchev–Trinajstić information content (AvgIpc) is 2.06. The number of halogens is 1. The van der Waals surface area contributed by atoms with E-state index in [1.165, 1.54) is 0 Å². The summed E-state index contributed by atoms with van der Waals surface area (Å²) in [7, 11) is 0. The van der Waals surface area contributed by atoms with Crippen molar-refractivity contribution in [2.75, 3.05) is 0 Å². The molecule has 0 bridgehead atoms. The minimum atomic E-state index is -0.478. The van der Waals surface area contributed by atoms with Crippen LogP contribution >= 0.6 is 11.6 Å². The van der Waals surface area contributed by atoms with Crippen LogP contribution in [0.25, 0.3) is 0 Å². The first kappa shape index (κ1) is 12.2. The smallest absolute Gasteiger partial charge is 0.164 e. The van der Waals surface area contributed by atoms with Crippen molar-refractivity contribution in [1.82, 2.24) is 0 Å². The quantitative estimate of drug-likeness (QED) is 0.804. The minimum Gasteiger partial charge on any atom is -0.325 e. The summed E-state index contributed by atoms with van der Waals surface area (Å²) in [4.78, 5) is 11.8. The molecule has 82 valence electrons. The summed E-state index contributed by atoms with van der Waals surface area (Å²) >= 11 is 5.95. The Bertz CT molecular complexity index is 380. The van der Waals surface area contributed by atoms with Gasteiger partial charge < -0.3 is 5.73 Å². The molecule has 0 atom stereocenters. The molecule has 0 aliphatic heterocycles. The van der Waals surface area contributed by atoms with Gasteiger partial charge in [0.2, 0.25) is 0 Å². The lowest BCUT2D eigenvalue weighted by Gasteiger charge is -2.17. The van der Waals surface area contributed by atoms with E-state index in [0.29, 0.717) is 17.0 Å². The van der Waals surface area contributed by atoms with Crippen LogP contribution in [0.5, 0.6) is 0 Å². The number of benzene rings is 1. The minimum absolute atomic E-state index is 0.0319. The first-order chi connectivity index (χ1) is 6.79. The number of aryl methyl sites for hydroxylation is 1. The van der Waals surface area contributed by atoms with Gasteiger partial charge in [-0.25, -0.2) is 0 Å². The van der Waals surface area contributed by atoms with Crippen LogP contribution in [0.15, 0.2) is 18.2 Å². The van der Waals surface area contributed by atoms with Crippen molar-refractivity contribution in [3.8, 4) is 0 Å². The molecule has 0 saturated carbocycles. The second-order valence-electron chi connectivity index (χ2n) is 4.55. The molecular weight excluding hydrogens is 210 g/mol. The van der Waals surface area contributed by atoms with Crippen molar-refractivity contribution in [1.29, 1.82) is 0 Å². The molecule has 15 heavy (non-hydrogen) atoms. The molecule has 0 heterocycles. The van der Waals surface area contributed by atoms with E-state index in [0.717, 1.165) is 5.56 Å².